The third-order valence-corrected chi connectivity index (χ3v) is 2.00. The first kappa shape index (κ1) is 9.13. The fourth-order valence-electron chi connectivity index (χ4n) is 0.986. The summed E-state index contributed by atoms with van der Waals surface area (Å²) in [5, 5.41) is -0.0000463. The first-order valence-electron chi connectivity index (χ1n) is 3.72. The summed E-state index contributed by atoms with van der Waals surface area (Å²) in [6, 6.07) is 0. The predicted molar refractivity (Wildman–Crippen MR) is 54.3 cm³/mol. The van der Waals surface area contributed by atoms with Gasteiger partial charge in [-0.1, -0.05) is 12.2 Å². The summed E-state index contributed by atoms with van der Waals surface area (Å²) in [5.74, 6) is 0.910. The first-order chi connectivity index (χ1) is 5.79. The van der Waals surface area contributed by atoms with Crippen molar-refractivity contribution in [2.24, 2.45) is 0 Å². The number of thiol groups is 1. The van der Waals surface area contributed by atoms with Crippen molar-refractivity contribution in [3.63, 3.8) is 0 Å². The zero-order valence-electron chi connectivity index (χ0n) is 6.85. The first-order valence-corrected chi connectivity index (χ1v) is 4.23. The fraction of sp³-hybridized carbons (Fsp3) is 0.222. The third kappa shape index (κ3) is 1.80. The number of hydrogen-bond donors (Lipinski definition) is 1. The van der Waals surface area contributed by atoms with Gasteiger partial charge in [-0.2, -0.15) is 12.6 Å². The summed E-state index contributed by atoms with van der Waals surface area (Å²) < 4.78 is 1.99. The number of allylic oxidation sites excluding steroid dienone is 1. The maximum atomic E-state index is 4.31. The molecule has 1 unspecified atom stereocenters. The van der Waals surface area contributed by atoms with Gasteiger partial charge in [0.2, 0.25) is 0 Å². The molecule has 0 aromatic carbocycles. The van der Waals surface area contributed by atoms with Gasteiger partial charge in [0.1, 0.15) is 5.82 Å². The van der Waals surface area contributed by atoms with Gasteiger partial charge < -0.3 is 4.57 Å². The number of imidazole rings is 1. The second-order valence-corrected chi connectivity index (χ2v) is 2.96. The highest BCUT2D eigenvalue weighted by Gasteiger charge is 2.07. The summed E-state index contributed by atoms with van der Waals surface area (Å²) in [4.78, 5) is 4.17. The highest BCUT2D eigenvalue weighted by atomic mass is 32.1. The van der Waals surface area contributed by atoms with E-state index in [1.807, 2.05) is 16.8 Å². The summed E-state index contributed by atoms with van der Waals surface area (Å²) in [5.41, 5.74) is 0. The molecule has 0 saturated carbocycles. The van der Waals surface area contributed by atoms with Crippen molar-refractivity contribution in [3.8, 4) is 0 Å². The second kappa shape index (κ2) is 4.16. The van der Waals surface area contributed by atoms with Crippen LogP contribution in [0.4, 0.5) is 0 Å². The quantitative estimate of drug-likeness (QED) is 0.555. The molecule has 64 valence electrons. The van der Waals surface area contributed by atoms with Gasteiger partial charge in [0, 0.05) is 18.9 Å². The van der Waals surface area contributed by atoms with Crippen LogP contribution in [0.15, 0.2) is 37.7 Å². The molecule has 2 nitrogen and oxygen atoms in total. The minimum absolute atomic E-state index is 0.0000463. The Bertz CT molecular complexity index is 278. The molecule has 3 heteroatoms. The average molecular weight is 180 g/mol. The Kier molecular flexibility index (Phi) is 3.17. The molecule has 0 saturated heterocycles. The molecule has 0 radical (unpaired) electrons. The Hall–Kier alpha value is -0.960. The van der Waals surface area contributed by atoms with Crippen molar-refractivity contribution in [3.05, 3.63) is 43.5 Å². The Morgan fingerprint density at radius 3 is 3.00 bits per heavy atom. The summed E-state index contributed by atoms with van der Waals surface area (Å²) in [6.07, 6.45) is 7.25. The molecule has 0 aliphatic carbocycles. The van der Waals surface area contributed by atoms with E-state index in [0.717, 1.165) is 12.4 Å². The minimum atomic E-state index is -0.0000463. The number of rotatable bonds is 4. The monoisotopic (exact) mass is 180 g/mol. The maximum Gasteiger partial charge on any atom is 0.125 e. The molecular formula is C9H12N2S. The van der Waals surface area contributed by atoms with Crippen LogP contribution in [0.2, 0.25) is 0 Å². The molecule has 0 aliphatic rings. The van der Waals surface area contributed by atoms with E-state index in [-0.39, 0.29) is 5.25 Å². The van der Waals surface area contributed by atoms with Crippen LogP contribution in [-0.2, 0) is 6.54 Å². The standard InChI is InChI=1S/C9H12N2S/c1-3-6-11-7-5-10-9(11)8(12)4-2/h3-5,7-8,12H,1-2,6H2. The molecular weight excluding hydrogens is 168 g/mol. The van der Waals surface area contributed by atoms with Crippen LogP contribution in [0.5, 0.6) is 0 Å². The van der Waals surface area contributed by atoms with Crippen LogP contribution in [0.3, 0.4) is 0 Å². The van der Waals surface area contributed by atoms with Gasteiger partial charge in [0.25, 0.3) is 0 Å². The Balaban J connectivity index is 2.89. The lowest BCUT2D eigenvalue weighted by Crippen LogP contribution is -2.02. The van der Waals surface area contributed by atoms with Crippen molar-refractivity contribution in [1.29, 1.82) is 0 Å². The van der Waals surface area contributed by atoms with Gasteiger partial charge in [0.05, 0.1) is 5.25 Å². The van der Waals surface area contributed by atoms with Crippen LogP contribution >= 0.6 is 12.6 Å². The van der Waals surface area contributed by atoms with Crippen molar-refractivity contribution < 1.29 is 0 Å². The van der Waals surface area contributed by atoms with Gasteiger partial charge in [0.15, 0.2) is 0 Å². The highest BCUT2D eigenvalue weighted by Crippen LogP contribution is 2.18. The van der Waals surface area contributed by atoms with Crippen molar-refractivity contribution in [2.75, 3.05) is 0 Å². The van der Waals surface area contributed by atoms with Crippen molar-refractivity contribution in [1.82, 2.24) is 9.55 Å². The van der Waals surface area contributed by atoms with Crippen molar-refractivity contribution >= 4 is 12.6 Å². The van der Waals surface area contributed by atoms with Crippen LogP contribution in [0.1, 0.15) is 11.1 Å². The molecule has 12 heavy (non-hydrogen) atoms. The molecule has 1 rings (SSSR count). The smallest absolute Gasteiger partial charge is 0.125 e. The topological polar surface area (TPSA) is 17.8 Å². The van der Waals surface area contributed by atoms with Crippen LogP contribution in [0.25, 0.3) is 0 Å². The fourth-order valence-corrected chi connectivity index (χ4v) is 1.20. The van der Waals surface area contributed by atoms with E-state index in [1.165, 1.54) is 0 Å². The van der Waals surface area contributed by atoms with Crippen LogP contribution in [0, 0.1) is 0 Å². The van der Waals surface area contributed by atoms with E-state index in [0.29, 0.717) is 0 Å². The Labute approximate surface area is 78.0 Å². The lowest BCUT2D eigenvalue weighted by molar-refractivity contribution is 0.759. The second-order valence-electron chi connectivity index (χ2n) is 2.41. The van der Waals surface area contributed by atoms with Crippen molar-refractivity contribution in [2.45, 2.75) is 11.8 Å². The average Bonchev–Trinajstić information content (AvgIpc) is 2.52. The van der Waals surface area contributed by atoms with Gasteiger partial charge in [-0.15, -0.1) is 13.2 Å². The molecule has 0 aliphatic heterocycles. The van der Waals surface area contributed by atoms with E-state index in [2.05, 4.69) is 30.8 Å². The zero-order chi connectivity index (χ0) is 8.97. The lowest BCUT2D eigenvalue weighted by Gasteiger charge is -2.07. The summed E-state index contributed by atoms with van der Waals surface area (Å²) >= 11 is 4.31. The molecule has 0 spiro atoms. The lowest BCUT2D eigenvalue weighted by atomic mass is 10.4. The van der Waals surface area contributed by atoms with Gasteiger partial charge in [-0.25, -0.2) is 4.98 Å². The van der Waals surface area contributed by atoms with E-state index in [1.54, 1.807) is 12.3 Å². The molecule has 1 aromatic rings. The molecule has 0 bridgehead atoms. The number of aromatic nitrogens is 2. The summed E-state index contributed by atoms with van der Waals surface area (Å²) in [6.45, 7) is 8.09. The molecule has 1 aromatic heterocycles. The molecule has 1 atom stereocenters. The molecule has 0 amide bonds. The van der Waals surface area contributed by atoms with E-state index >= 15 is 0 Å². The highest BCUT2D eigenvalue weighted by molar-refractivity contribution is 7.80. The predicted octanol–water partition coefficient (Wildman–Crippen LogP) is 2.23. The largest absolute Gasteiger partial charge is 0.330 e. The third-order valence-electron chi connectivity index (χ3n) is 1.56. The SMILES string of the molecule is C=CCn1ccnc1C(S)C=C. The molecule has 0 N–H and O–H groups in total. The van der Waals surface area contributed by atoms with Crippen LogP contribution in [-0.4, -0.2) is 9.55 Å². The van der Waals surface area contributed by atoms with E-state index < -0.39 is 0 Å². The normalized spacial score (nSPS) is 12.4. The maximum absolute atomic E-state index is 4.31. The molecule has 0 fully saturated rings. The Morgan fingerprint density at radius 2 is 2.42 bits per heavy atom. The minimum Gasteiger partial charge on any atom is -0.330 e. The molecule has 1 heterocycles. The van der Waals surface area contributed by atoms with Gasteiger partial charge in [-0.3, -0.25) is 0 Å². The van der Waals surface area contributed by atoms with E-state index in [9.17, 15) is 0 Å². The number of hydrogen-bond acceptors (Lipinski definition) is 2. The van der Waals surface area contributed by atoms with Gasteiger partial charge in [-0.05, 0) is 0 Å². The Morgan fingerprint density at radius 1 is 1.67 bits per heavy atom. The van der Waals surface area contributed by atoms with Crippen LogP contribution < -0.4 is 0 Å². The zero-order valence-corrected chi connectivity index (χ0v) is 7.74. The summed E-state index contributed by atoms with van der Waals surface area (Å²) in [7, 11) is 0. The van der Waals surface area contributed by atoms with Gasteiger partial charge >= 0.3 is 0 Å². The number of nitrogens with zero attached hydrogens (tertiary/aromatic N) is 2. The van der Waals surface area contributed by atoms with E-state index in [4.69, 9.17) is 0 Å².